The molecule has 0 unspecified atom stereocenters. The van der Waals surface area contributed by atoms with Gasteiger partial charge in [0.15, 0.2) is 0 Å². The first-order chi connectivity index (χ1) is 10.9. The van der Waals surface area contributed by atoms with Crippen molar-refractivity contribution >= 4 is 23.6 Å². The number of nitrogens with zero attached hydrogens (tertiary/aromatic N) is 1. The molecule has 1 aliphatic heterocycles. The average molecular weight is 339 g/mol. The zero-order chi connectivity index (χ0) is 17.1. The van der Waals surface area contributed by atoms with Crippen molar-refractivity contribution in [1.29, 1.82) is 0 Å². The minimum absolute atomic E-state index is 0.0283. The molecule has 0 bridgehead atoms. The van der Waals surface area contributed by atoms with Crippen molar-refractivity contribution in [2.75, 3.05) is 13.7 Å². The number of allylic oxidation sites excluding steroid dienone is 1. The quantitative estimate of drug-likeness (QED) is 0.677. The molecule has 1 heterocycles. The molecule has 0 saturated carbocycles. The lowest BCUT2D eigenvalue weighted by Crippen LogP contribution is -2.48. The van der Waals surface area contributed by atoms with Gasteiger partial charge in [0.2, 0.25) is 0 Å². The van der Waals surface area contributed by atoms with E-state index < -0.39 is 23.9 Å². The van der Waals surface area contributed by atoms with Crippen molar-refractivity contribution in [3.63, 3.8) is 0 Å². The maximum absolute atomic E-state index is 14.2. The Morgan fingerprint density at radius 3 is 2.83 bits per heavy atom. The van der Waals surface area contributed by atoms with Gasteiger partial charge in [0, 0.05) is 22.8 Å². The van der Waals surface area contributed by atoms with Crippen LogP contribution in [0.25, 0.3) is 0 Å². The predicted molar refractivity (Wildman–Crippen MR) is 84.3 cm³/mol. The third-order valence-electron chi connectivity index (χ3n) is 3.60. The van der Waals surface area contributed by atoms with Crippen LogP contribution in [0, 0.1) is 5.82 Å². The SMILES string of the molecule is C=CCN1C(=O)N[C@@H](c2c(F)cccc2Cl)C(C(=O)OC)=C1C. The highest BCUT2D eigenvalue weighted by Crippen LogP contribution is 2.36. The van der Waals surface area contributed by atoms with Gasteiger partial charge in [-0.05, 0) is 19.1 Å². The van der Waals surface area contributed by atoms with Gasteiger partial charge in [-0.25, -0.2) is 14.0 Å². The summed E-state index contributed by atoms with van der Waals surface area (Å²) in [4.78, 5) is 25.8. The zero-order valence-corrected chi connectivity index (χ0v) is 13.5. The fourth-order valence-electron chi connectivity index (χ4n) is 2.51. The summed E-state index contributed by atoms with van der Waals surface area (Å²) in [6, 6.07) is 2.66. The molecule has 1 aliphatic rings. The highest BCUT2D eigenvalue weighted by Gasteiger charge is 2.37. The molecule has 122 valence electrons. The first-order valence-electron chi connectivity index (χ1n) is 6.84. The molecule has 1 N–H and O–H groups in total. The summed E-state index contributed by atoms with van der Waals surface area (Å²) in [6.07, 6.45) is 1.52. The van der Waals surface area contributed by atoms with Crippen LogP contribution in [0.3, 0.4) is 0 Å². The van der Waals surface area contributed by atoms with Crippen molar-refractivity contribution < 1.29 is 18.7 Å². The molecule has 1 aromatic rings. The van der Waals surface area contributed by atoms with E-state index in [1.807, 2.05) is 0 Å². The van der Waals surface area contributed by atoms with Gasteiger partial charge in [0.05, 0.1) is 18.7 Å². The van der Waals surface area contributed by atoms with Crippen LogP contribution in [0.2, 0.25) is 5.02 Å². The highest BCUT2D eigenvalue weighted by atomic mass is 35.5. The number of hydrogen-bond acceptors (Lipinski definition) is 3. The Balaban J connectivity index is 2.65. The van der Waals surface area contributed by atoms with Crippen LogP contribution in [0.15, 0.2) is 42.1 Å². The summed E-state index contributed by atoms with van der Waals surface area (Å²) in [5, 5.41) is 2.71. The lowest BCUT2D eigenvalue weighted by Gasteiger charge is -2.35. The molecular weight excluding hydrogens is 323 g/mol. The van der Waals surface area contributed by atoms with Crippen LogP contribution < -0.4 is 5.32 Å². The van der Waals surface area contributed by atoms with Crippen molar-refractivity contribution in [3.05, 3.63) is 58.5 Å². The van der Waals surface area contributed by atoms with Gasteiger partial charge in [-0.3, -0.25) is 4.90 Å². The molecule has 0 spiro atoms. The van der Waals surface area contributed by atoms with E-state index in [2.05, 4.69) is 11.9 Å². The minimum atomic E-state index is -1.02. The van der Waals surface area contributed by atoms with Crippen molar-refractivity contribution in [2.24, 2.45) is 0 Å². The Morgan fingerprint density at radius 1 is 1.57 bits per heavy atom. The van der Waals surface area contributed by atoms with Crippen molar-refractivity contribution in [1.82, 2.24) is 10.2 Å². The second-order valence-corrected chi connectivity index (χ2v) is 5.31. The van der Waals surface area contributed by atoms with E-state index in [1.54, 1.807) is 6.92 Å². The first kappa shape index (κ1) is 17.0. The summed E-state index contributed by atoms with van der Waals surface area (Å²) in [6.45, 7) is 5.38. The molecule has 7 heteroatoms. The maximum atomic E-state index is 14.2. The molecule has 0 fully saturated rings. The first-order valence-corrected chi connectivity index (χ1v) is 7.22. The van der Waals surface area contributed by atoms with Gasteiger partial charge in [0.1, 0.15) is 5.82 Å². The number of hydrogen-bond donors (Lipinski definition) is 1. The third-order valence-corrected chi connectivity index (χ3v) is 3.93. The molecule has 0 aliphatic carbocycles. The van der Waals surface area contributed by atoms with Crippen molar-refractivity contribution in [2.45, 2.75) is 13.0 Å². The number of esters is 1. The van der Waals surface area contributed by atoms with E-state index in [9.17, 15) is 14.0 Å². The molecular formula is C16H16ClFN2O3. The number of methoxy groups -OCH3 is 1. The van der Waals surface area contributed by atoms with Gasteiger partial charge in [-0.1, -0.05) is 23.7 Å². The van der Waals surface area contributed by atoms with Crippen LogP contribution in [-0.2, 0) is 9.53 Å². The van der Waals surface area contributed by atoms with E-state index in [0.29, 0.717) is 5.70 Å². The van der Waals surface area contributed by atoms with E-state index in [0.717, 1.165) is 0 Å². The molecule has 2 amide bonds. The van der Waals surface area contributed by atoms with Crippen LogP contribution in [-0.4, -0.2) is 30.6 Å². The Hall–Kier alpha value is -2.34. The topological polar surface area (TPSA) is 58.6 Å². The van der Waals surface area contributed by atoms with E-state index in [-0.39, 0.29) is 22.7 Å². The second kappa shape index (κ2) is 6.83. The number of ether oxygens (including phenoxy) is 1. The smallest absolute Gasteiger partial charge is 0.337 e. The standard InChI is InChI=1S/C16H16ClFN2O3/c1-4-8-20-9(2)12(15(21)23-3)14(19-16(20)22)13-10(17)6-5-7-11(13)18/h4-7,14H,1,8H2,2-3H3,(H,19,22)/t14-/m1/s1. The maximum Gasteiger partial charge on any atom is 0.337 e. The number of carbonyl (C=O) groups is 2. The Labute approximate surface area is 138 Å². The van der Waals surface area contributed by atoms with Gasteiger partial charge in [-0.15, -0.1) is 6.58 Å². The molecule has 5 nitrogen and oxygen atoms in total. The number of carbonyl (C=O) groups excluding carboxylic acids is 2. The fourth-order valence-corrected chi connectivity index (χ4v) is 2.78. The fraction of sp³-hybridized carbons (Fsp3) is 0.250. The summed E-state index contributed by atoms with van der Waals surface area (Å²) >= 11 is 6.07. The van der Waals surface area contributed by atoms with E-state index >= 15 is 0 Å². The number of amides is 2. The van der Waals surface area contributed by atoms with E-state index in [1.165, 1.54) is 36.3 Å². The molecule has 0 aromatic heterocycles. The molecule has 1 aromatic carbocycles. The molecule has 0 radical (unpaired) electrons. The van der Waals surface area contributed by atoms with Crippen LogP contribution in [0.1, 0.15) is 18.5 Å². The normalized spacial score (nSPS) is 17.8. The van der Waals surface area contributed by atoms with Crippen molar-refractivity contribution in [3.8, 4) is 0 Å². The van der Waals surface area contributed by atoms with Gasteiger partial charge in [-0.2, -0.15) is 0 Å². The van der Waals surface area contributed by atoms with Gasteiger partial charge in [0.25, 0.3) is 0 Å². The zero-order valence-electron chi connectivity index (χ0n) is 12.7. The summed E-state index contributed by atoms with van der Waals surface area (Å²) < 4.78 is 19.0. The highest BCUT2D eigenvalue weighted by molar-refractivity contribution is 6.31. The Bertz CT molecular complexity index is 682. The number of halogens is 2. The average Bonchev–Trinajstić information content (AvgIpc) is 2.50. The number of benzene rings is 1. The minimum Gasteiger partial charge on any atom is -0.466 e. The summed E-state index contributed by atoms with van der Waals surface area (Å²) in [5.41, 5.74) is 0.520. The molecule has 1 atom stereocenters. The molecule has 2 rings (SSSR count). The lowest BCUT2D eigenvalue weighted by atomic mass is 9.94. The predicted octanol–water partition coefficient (Wildman–Crippen LogP) is 3.18. The molecule has 23 heavy (non-hydrogen) atoms. The largest absolute Gasteiger partial charge is 0.466 e. The van der Waals surface area contributed by atoms with Gasteiger partial charge >= 0.3 is 12.0 Å². The number of nitrogens with one attached hydrogen (secondary N) is 1. The summed E-state index contributed by atoms with van der Waals surface area (Å²) in [5.74, 6) is -1.28. The number of urea groups is 1. The molecule has 0 saturated heterocycles. The Kier molecular flexibility index (Phi) is 5.05. The van der Waals surface area contributed by atoms with E-state index in [4.69, 9.17) is 16.3 Å². The lowest BCUT2D eigenvalue weighted by molar-refractivity contribution is -0.136. The van der Waals surface area contributed by atoms with Gasteiger partial charge < -0.3 is 10.1 Å². The Morgan fingerprint density at radius 2 is 2.26 bits per heavy atom. The van der Waals surface area contributed by atoms with Crippen LogP contribution in [0.4, 0.5) is 9.18 Å². The number of rotatable bonds is 4. The third kappa shape index (κ3) is 3.07. The monoisotopic (exact) mass is 338 g/mol. The summed E-state index contributed by atoms with van der Waals surface area (Å²) in [7, 11) is 1.22. The van der Waals surface area contributed by atoms with Crippen LogP contribution >= 0.6 is 11.6 Å². The second-order valence-electron chi connectivity index (χ2n) is 4.91. The van der Waals surface area contributed by atoms with Crippen LogP contribution in [0.5, 0.6) is 0 Å².